The van der Waals surface area contributed by atoms with Crippen molar-refractivity contribution in [1.82, 2.24) is 5.32 Å². The molecule has 4 atom stereocenters. The molecule has 0 spiro atoms. The molecule has 1 heterocycles. The Kier molecular flexibility index (Phi) is 5.17. The summed E-state index contributed by atoms with van der Waals surface area (Å²) in [5.74, 6) is 2.21. The molecule has 0 aromatic heterocycles. The lowest BCUT2D eigenvalue weighted by atomic mass is 9.74. The van der Waals surface area contributed by atoms with Gasteiger partial charge in [-0.3, -0.25) is 4.79 Å². The lowest BCUT2D eigenvalue weighted by Gasteiger charge is -2.41. The predicted octanol–water partition coefficient (Wildman–Crippen LogP) is 4.46. The third-order valence-corrected chi connectivity index (χ3v) is 6.12. The van der Waals surface area contributed by atoms with Gasteiger partial charge in [0.25, 0.3) is 0 Å². The minimum atomic E-state index is 0.0462. The molecule has 4 rings (SSSR count). The van der Waals surface area contributed by atoms with Crippen LogP contribution in [0.25, 0.3) is 0 Å². The number of benzene rings is 2. The first-order chi connectivity index (χ1) is 13.2. The maximum absolute atomic E-state index is 13.4. The van der Waals surface area contributed by atoms with Crippen LogP contribution in [-0.2, 0) is 4.79 Å². The van der Waals surface area contributed by atoms with Crippen LogP contribution in [-0.4, -0.2) is 20.0 Å². The Labute approximate surface area is 160 Å². The number of hydrogen-bond donors (Lipinski definition) is 1. The number of carbonyl (C=O) groups is 1. The highest BCUT2D eigenvalue weighted by atomic mass is 16.5. The zero-order valence-electron chi connectivity index (χ0n) is 16.0. The molecular weight excluding hydrogens is 338 g/mol. The summed E-state index contributed by atoms with van der Waals surface area (Å²) in [4.78, 5) is 13.4. The van der Waals surface area contributed by atoms with Gasteiger partial charge < -0.3 is 14.8 Å². The number of ketones is 1. The van der Waals surface area contributed by atoms with Gasteiger partial charge in [0.15, 0.2) is 0 Å². The number of hydrogen-bond acceptors (Lipinski definition) is 4. The minimum absolute atomic E-state index is 0.0462. The van der Waals surface area contributed by atoms with E-state index in [0.29, 0.717) is 5.78 Å². The van der Waals surface area contributed by atoms with E-state index in [1.807, 2.05) is 24.3 Å². The second-order valence-corrected chi connectivity index (χ2v) is 7.57. The Morgan fingerprint density at radius 3 is 1.52 bits per heavy atom. The van der Waals surface area contributed by atoms with Crippen molar-refractivity contribution in [3.05, 3.63) is 59.7 Å². The van der Waals surface area contributed by atoms with Crippen molar-refractivity contribution in [3.63, 3.8) is 0 Å². The first-order valence-electron chi connectivity index (χ1n) is 9.79. The molecule has 0 unspecified atom stereocenters. The molecule has 1 aliphatic carbocycles. The summed E-state index contributed by atoms with van der Waals surface area (Å²) in [5.41, 5.74) is 2.32. The smallest absolute Gasteiger partial charge is 0.142 e. The number of Topliss-reactive ketones (excluding diaryl/α,β-unsaturated/α-hetero) is 1. The highest BCUT2D eigenvalue weighted by Gasteiger charge is 2.45. The summed E-state index contributed by atoms with van der Waals surface area (Å²) in [5, 5.41) is 3.83. The number of piperidine rings is 1. The van der Waals surface area contributed by atoms with Crippen LogP contribution in [0, 0.1) is 11.8 Å². The van der Waals surface area contributed by atoms with Crippen LogP contribution in [0.1, 0.15) is 48.9 Å². The van der Waals surface area contributed by atoms with Crippen molar-refractivity contribution < 1.29 is 14.3 Å². The molecule has 0 radical (unpaired) electrons. The summed E-state index contributed by atoms with van der Waals surface area (Å²) in [7, 11) is 3.35. The predicted molar refractivity (Wildman–Crippen MR) is 105 cm³/mol. The fourth-order valence-electron chi connectivity index (χ4n) is 4.66. The lowest BCUT2D eigenvalue weighted by molar-refractivity contribution is -0.131. The van der Waals surface area contributed by atoms with Gasteiger partial charge in [-0.2, -0.15) is 0 Å². The maximum Gasteiger partial charge on any atom is 0.142 e. The minimum Gasteiger partial charge on any atom is -0.497 e. The quantitative estimate of drug-likeness (QED) is 0.869. The van der Waals surface area contributed by atoms with Crippen molar-refractivity contribution >= 4 is 5.78 Å². The Morgan fingerprint density at radius 1 is 0.741 bits per heavy atom. The summed E-state index contributed by atoms with van der Waals surface area (Å²) in [6, 6.07) is 16.3. The molecule has 2 aliphatic rings. The number of fused-ring (bicyclic) bond motifs is 2. The van der Waals surface area contributed by atoms with Gasteiger partial charge in [0.1, 0.15) is 17.3 Å². The van der Waals surface area contributed by atoms with E-state index in [1.54, 1.807) is 14.2 Å². The number of methoxy groups -OCH3 is 2. The van der Waals surface area contributed by atoms with E-state index in [0.717, 1.165) is 48.3 Å². The fourth-order valence-corrected chi connectivity index (χ4v) is 4.66. The maximum atomic E-state index is 13.4. The van der Waals surface area contributed by atoms with Gasteiger partial charge in [0.2, 0.25) is 0 Å². The average molecular weight is 365 g/mol. The van der Waals surface area contributed by atoms with Gasteiger partial charge in [-0.15, -0.1) is 0 Å². The van der Waals surface area contributed by atoms with Crippen LogP contribution in [0.4, 0.5) is 0 Å². The highest BCUT2D eigenvalue weighted by Crippen LogP contribution is 2.44. The highest BCUT2D eigenvalue weighted by molar-refractivity contribution is 5.86. The van der Waals surface area contributed by atoms with Gasteiger partial charge >= 0.3 is 0 Å². The lowest BCUT2D eigenvalue weighted by Crippen LogP contribution is -2.47. The summed E-state index contributed by atoms with van der Waals surface area (Å²) >= 11 is 0. The number of carbonyl (C=O) groups excluding carboxylic acids is 1. The van der Waals surface area contributed by atoms with E-state index >= 15 is 0 Å². The van der Waals surface area contributed by atoms with E-state index in [4.69, 9.17) is 9.47 Å². The van der Waals surface area contributed by atoms with Crippen molar-refractivity contribution in [1.29, 1.82) is 0 Å². The van der Waals surface area contributed by atoms with Gasteiger partial charge in [-0.1, -0.05) is 37.1 Å². The zero-order valence-corrected chi connectivity index (χ0v) is 16.0. The van der Waals surface area contributed by atoms with Crippen LogP contribution in [0.2, 0.25) is 0 Å². The van der Waals surface area contributed by atoms with Crippen LogP contribution in [0.3, 0.4) is 0 Å². The molecule has 27 heavy (non-hydrogen) atoms. The van der Waals surface area contributed by atoms with E-state index in [-0.39, 0.29) is 23.9 Å². The monoisotopic (exact) mass is 365 g/mol. The molecule has 4 nitrogen and oxygen atoms in total. The Morgan fingerprint density at radius 2 is 1.15 bits per heavy atom. The van der Waals surface area contributed by atoms with E-state index in [2.05, 4.69) is 29.6 Å². The molecule has 1 N–H and O–H groups in total. The van der Waals surface area contributed by atoms with Gasteiger partial charge in [-0.05, 0) is 48.2 Å². The standard InChI is InChI=1S/C23H27NO3/c1-26-17-11-7-15(8-12-17)21-19-5-3-4-6-20(23(19)25)22(24-21)16-9-13-18(27-2)14-10-16/h7-14,19-22,24H,3-6H2,1-2H3/t19-,20+,21+,22-. The van der Waals surface area contributed by atoms with Crippen molar-refractivity contribution in [2.75, 3.05) is 14.2 Å². The first-order valence-corrected chi connectivity index (χ1v) is 9.79. The number of rotatable bonds is 4. The third kappa shape index (κ3) is 3.46. The van der Waals surface area contributed by atoms with Crippen LogP contribution < -0.4 is 14.8 Å². The second kappa shape index (κ2) is 7.73. The van der Waals surface area contributed by atoms with Crippen molar-refractivity contribution in [2.24, 2.45) is 11.8 Å². The molecular formula is C23H27NO3. The van der Waals surface area contributed by atoms with Gasteiger partial charge in [0.05, 0.1) is 14.2 Å². The Bertz CT molecular complexity index is 719. The summed E-state index contributed by atoms with van der Waals surface area (Å²) in [6.45, 7) is 0. The topological polar surface area (TPSA) is 47.6 Å². The average Bonchev–Trinajstić information content (AvgIpc) is 2.84. The van der Waals surface area contributed by atoms with Gasteiger partial charge in [0, 0.05) is 23.9 Å². The molecule has 1 saturated carbocycles. The van der Waals surface area contributed by atoms with Crippen molar-refractivity contribution in [3.8, 4) is 11.5 Å². The van der Waals surface area contributed by atoms with Crippen molar-refractivity contribution in [2.45, 2.75) is 37.8 Å². The Balaban J connectivity index is 1.69. The second-order valence-electron chi connectivity index (χ2n) is 7.57. The molecule has 2 bridgehead atoms. The Hall–Kier alpha value is -2.33. The largest absolute Gasteiger partial charge is 0.497 e. The van der Waals surface area contributed by atoms with Crippen LogP contribution in [0.5, 0.6) is 11.5 Å². The van der Waals surface area contributed by atoms with Gasteiger partial charge in [-0.25, -0.2) is 0 Å². The summed E-state index contributed by atoms with van der Waals surface area (Å²) in [6.07, 6.45) is 4.18. The zero-order chi connectivity index (χ0) is 18.8. The normalized spacial score (nSPS) is 27.7. The van der Waals surface area contributed by atoms with Crippen LogP contribution >= 0.6 is 0 Å². The molecule has 4 heteroatoms. The molecule has 142 valence electrons. The molecule has 1 aliphatic heterocycles. The SMILES string of the molecule is COc1ccc([C@H]2N[C@@H](c3ccc(OC)cc3)[C@H]3CCCC[C@@H]2C3=O)cc1. The number of ether oxygens (including phenoxy) is 2. The first kappa shape index (κ1) is 18.1. The molecule has 2 aromatic carbocycles. The molecule has 1 saturated heterocycles. The van der Waals surface area contributed by atoms with Crippen LogP contribution in [0.15, 0.2) is 48.5 Å². The third-order valence-electron chi connectivity index (χ3n) is 6.12. The summed E-state index contributed by atoms with van der Waals surface area (Å²) < 4.78 is 10.6. The van der Waals surface area contributed by atoms with E-state index < -0.39 is 0 Å². The van der Waals surface area contributed by atoms with E-state index in [1.165, 1.54) is 0 Å². The van der Waals surface area contributed by atoms with E-state index in [9.17, 15) is 4.79 Å². The number of nitrogens with one attached hydrogen (secondary N) is 1. The molecule has 2 fully saturated rings. The fraction of sp³-hybridized carbons (Fsp3) is 0.435. The molecule has 0 amide bonds. The molecule has 2 aromatic rings.